The van der Waals surface area contributed by atoms with Crippen molar-refractivity contribution >= 4 is 34.0 Å². The zero-order valence-electron chi connectivity index (χ0n) is 18.1. The molecule has 0 spiro atoms. The lowest BCUT2D eigenvalue weighted by atomic mass is 10.1. The van der Waals surface area contributed by atoms with Gasteiger partial charge in [-0.15, -0.1) is 0 Å². The Morgan fingerprint density at radius 1 is 1.19 bits per heavy atom. The van der Waals surface area contributed by atoms with Crippen LogP contribution in [0.25, 0.3) is 10.9 Å². The fourth-order valence-electron chi connectivity index (χ4n) is 3.66. The predicted octanol–water partition coefficient (Wildman–Crippen LogP) is 4.52. The number of nitrogens with one attached hydrogen (secondary N) is 1. The Morgan fingerprint density at radius 2 is 2.00 bits per heavy atom. The van der Waals surface area contributed by atoms with Gasteiger partial charge in [0, 0.05) is 42.7 Å². The van der Waals surface area contributed by atoms with E-state index in [9.17, 15) is 4.39 Å². The summed E-state index contributed by atoms with van der Waals surface area (Å²) in [5.41, 5.74) is 1.31. The zero-order chi connectivity index (χ0) is 22.5. The number of hydrogen-bond acceptors (Lipinski definition) is 7. The van der Waals surface area contributed by atoms with Crippen molar-refractivity contribution in [2.45, 2.75) is 6.92 Å². The molecule has 170 valence electrons. The number of benzene rings is 2. The second-order valence-electron chi connectivity index (χ2n) is 7.83. The summed E-state index contributed by atoms with van der Waals surface area (Å²) >= 11 is 5.91. The molecule has 0 aliphatic carbocycles. The summed E-state index contributed by atoms with van der Waals surface area (Å²) in [6.45, 7) is 7.11. The first-order chi connectivity index (χ1) is 15.5. The Bertz CT molecular complexity index is 1080. The second-order valence-corrected chi connectivity index (χ2v) is 8.23. The van der Waals surface area contributed by atoms with Gasteiger partial charge in [-0.05, 0) is 24.3 Å². The molecule has 1 aliphatic heterocycles. The first-order valence-corrected chi connectivity index (χ1v) is 10.9. The summed E-state index contributed by atoms with van der Waals surface area (Å²) in [6, 6.07) is 8.11. The maximum absolute atomic E-state index is 13.5. The third kappa shape index (κ3) is 5.38. The molecule has 1 aromatic heterocycles. The van der Waals surface area contributed by atoms with E-state index in [1.807, 2.05) is 12.1 Å². The third-order valence-corrected chi connectivity index (χ3v) is 5.59. The molecule has 3 aromatic rings. The molecule has 32 heavy (non-hydrogen) atoms. The first-order valence-electron chi connectivity index (χ1n) is 10.5. The minimum absolute atomic E-state index is 0.0355. The Labute approximate surface area is 191 Å². The van der Waals surface area contributed by atoms with Crippen LogP contribution in [0.1, 0.15) is 6.92 Å². The second kappa shape index (κ2) is 10.3. The van der Waals surface area contributed by atoms with Crippen molar-refractivity contribution in [2.75, 3.05) is 51.9 Å². The van der Waals surface area contributed by atoms with E-state index < -0.39 is 5.82 Å². The van der Waals surface area contributed by atoms with Gasteiger partial charge in [-0.1, -0.05) is 18.5 Å². The number of halogens is 2. The molecule has 1 aliphatic rings. The standard InChI is InChI=1S/C23H26ClFN4O3/c1-15(12-29-5-7-31-8-6-29)13-32-22-10-17-20(11-21(22)30-2)26-14-27-23(17)28-16-3-4-19(25)18(24)9-16/h3-4,9-11,14-15H,5-8,12-13H2,1-2H3,(H,26,27,28). The highest BCUT2D eigenvalue weighted by Crippen LogP contribution is 2.35. The van der Waals surface area contributed by atoms with Gasteiger partial charge >= 0.3 is 0 Å². The lowest BCUT2D eigenvalue weighted by Gasteiger charge is -2.29. The Balaban J connectivity index is 1.54. The molecule has 2 aromatic carbocycles. The van der Waals surface area contributed by atoms with Gasteiger partial charge < -0.3 is 19.5 Å². The highest BCUT2D eigenvalue weighted by Gasteiger charge is 2.16. The molecule has 4 rings (SSSR count). The number of aromatic nitrogens is 2. The Morgan fingerprint density at radius 3 is 2.75 bits per heavy atom. The summed E-state index contributed by atoms with van der Waals surface area (Å²) < 4.78 is 30.6. The smallest absolute Gasteiger partial charge is 0.162 e. The van der Waals surface area contributed by atoms with Crippen LogP contribution < -0.4 is 14.8 Å². The van der Waals surface area contributed by atoms with Crippen LogP contribution in [0, 0.1) is 11.7 Å². The maximum Gasteiger partial charge on any atom is 0.162 e. The number of anilines is 2. The van der Waals surface area contributed by atoms with Crippen LogP contribution in [0.5, 0.6) is 11.5 Å². The van der Waals surface area contributed by atoms with E-state index in [0.717, 1.165) is 38.2 Å². The number of morpholine rings is 1. The normalized spacial score (nSPS) is 15.5. The Kier molecular flexibility index (Phi) is 7.24. The van der Waals surface area contributed by atoms with Crippen LogP contribution in [0.4, 0.5) is 15.9 Å². The number of ether oxygens (including phenoxy) is 3. The first kappa shape index (κ1) is 22.5. The van der Waals surface area contributed by atoms with E-state index in [1.54, 1.807) is 13.2 Å². The van der Waals surface area contributed by atoms with Gasteiger partial charge in [0.2, 0.25) is 0 Å². The lowest BCUT2D eigenvalue weighted by Crippen LogP contribution is -2.39. The molecule has 0 saturated carbocycles. The minimum Gasteiger partial charge on any atom is -0.493 e. The number of fused-ring (bicyclic) bond motifs is 1. The zero-order valence-corrected chi connectivity index (χ0v) is 18.9. The van der Waals surface area contributed by atoms with Crippen molar-refractivity contribution in [3.63, 3.8) is 0 Å². The molecular formula is C23H26ClFN4O3. The molecule has 1 unspecified atom stereocenters. The Hall–Kier alpha value is -2.68. The molecule has 9 heteroatoms. The van der Waals surface area contributed by atoms with Gasteiger partial charge in [0.05, 0.1) is 37.5 Å². The van der Waals surface area contributed by atoms with E-state index >= 15 is 0 Å². The molecule has 1 atom stereocenters. The lowest BCUT2D eigenvalue weighted by molar-refractivity contribution is 0.0283. The number of methoxy groups -OCH3 is 1. The molecule has 0 radical (unpaired) electrons. The van der Waals surface area contributed by atoms with Crippen molar-refractivity contribution in [3.8, 4) is 11.5 Å². The molecule has 0 amide bonds. The average molecular weight is 461 g/mol. The fraction of sp³-hybridized carbons (Fsp3) is 0.391. The number of rotatable bonds is 8. The summed E-state index contributed by atoms with van der Waals surface area (Å²) in [7, 11) is 1.60. The van der Waals surface area contributed by atoms with E-state index in [0.29, 0.717) is 41.0 Å². The summed E-state index contributed by atoms with van der Waals surface area (Å²) in [4.78, 5) is 11.1. The number of nitrogens with zero attached hydrogens (tertiary/aromatic N) is 3. The summed E-state index contributed by atoms with van der Waals surface area (Å²) in [5, 5.41) is 3.97. The van der Waals surface area contributed by atoms with Crippen LogP contribution in [0.15, 0.2) is 36.7 Å². The fourth-order valence-corrected chi connectivity index (χ4v) is 3.84. The van der Waals surface area contributed by atoms with Crippen molar-refractivity contribution < 1.29 is 18.6 Å². The van der Waals surface area contributed by atoms with E-state index in [2.05, 4.69) is 27.1 Å². The van der Waals surface area contributed by atoms with E-state index in [-0.39, 0.29) is 5.02 Å². The van der Waals surface area contributed by atoms with Crippen LogP contribution in [-0.4, -0.2) is 61.4 Å². The molecule has 1 saturated heterocycles. The monoisotopic (exact) mass is 460 g/mol. The van der Waals surface area contributed by atoms with E-state index in [1.165, 1.54) is 18.5 Å². The van der Waals surface area contributed by atoms with Gasteiger partial charge in [-0.2, -0.15) is 0 Å². The van der Waals surface area contributed by atoms with Crippen LogP contribution >= 0.6 is 11.6 Å². The SMILES string of the molecule is COc1cc2ncnc(Nc3ccc(F)c(Cl)c3)c2cc1OCC(C)CN1CCOCC1. The van der Waals surface area contributed by atoms with Gasteiger partial charge in [0.1, 0.15) is 18.0 Å². The van der Waals surface area contributed by atoms with Gasteiger partial charge in [-0.25, -0.2) is 14.4 Å². The summed E-state index contributed by atoms with van der Waals surface area (Å²) in [6.07, 6.45) is 1.46. The van der Waals surface area contributed by atoms with Crippen molar-refractivity contribution in [1.29, 1.82) is 0 Å². The summed E-state index contributed by atoms with van der Waals surface area (Å²) in [5.74, 6) is 1.64. The molecular weight excluding hydrogens is 435 g/mol. The van der Waals surface area contributed by atoms with Crippen molar-refractivity contribution in [3.05, 3.63) is 47.5 Å². The molecule has 2 heterocycles. The van der Waals surface area contributed by atoms with Crippen LogP contribution in [-0.2, 0) is 4.74 Å². The molecule has 7 nitrogen and oxygen atoms in total. The average Bonchev–Trinajstić information content (AvgIpc) is 2.80. The molecule has 1 N–H and O–H groups in total. The topological polar surface area (TPSA) is 68.7 Å². The quantitative estimate of drug-likeness (QED) is 0.530. The maximum atomic E-state index is 13.5. The number of hydrogen-bond donors (Lipinski definition) is 1. The van der Waals surface area contributed by atoms with Gasteiger partial charge in [-0.3, -0.25) is 4.90 Å². The molecule has 1 fully saturated rings. The van der Waals surface area contributed by atoms with Gasteiger partial charge in [0.25, 0.3) is 0 Å². The minimum atomic E-state index is -0.476. The highest BCUT2D eigenvalue weighted by molar-refractivity contribution is 6.31. The highest BCUT2D eigenvalue weighted by atomic mass is 35.5. The largest absolute Gasteiger partial charge is 0.493 e. The van der Waals surface area contributed by atoms with Crippen molar-refractivity contribution in [1.82, 2.24) is 14.9 Å². The van der Waals surface area contributed by atoms with Crippen LogP contribution in [0.3, 0.4) is 0 Å². The van der Waals surface area contributed by atoms with Gasteiger partial charge in [0.15, 0.2) is 11.5 Å². The van der Waals surface area contributed by atoms with Crippen LogP contribution in [0.2, 0.25) is 5.02 Å². The third-order valence-electron chi connectivity index (χ3n) is 5.30. The van der Waals surface area contributed by atoms with Crippen molar-refractivity contribution in [2.24, 2.45) is 5.92 Å². The van der Waals surface area contributed by atoms with E-state index in [4.69, 9.17) is 25.8 Å². The predicted molar refractivity (Wildman–Crippen MR) is 123 cm³/mol. The molecule has 0 bridgehead atoms.